The number of aryl methyl sites for hydroxylation is 1. The van der Waals surface area contributed by atoms with Crippen molar-refractivity contribution in [2.75, 3.05) is 5.75 Å². The Morgan fingerprint density at radius 3 is 2.58 bits per heavy atom. The van der Waals surface area contributed by atoms with Gasteiger partial charge in [-0.05, 0) is 36.8 Å². The van der Waals surface area contributed by atoms with E-state index in [1.54, 1.807) is 11.8 Å². The SMILES string of the molecule is Cc1cccc(CC(=O)CSc2ccc(Br)cc2)c1. The molecule has 0 fully saturated rings. The fraction of sp³-hybridized carbons (Fsp3) is 0.188. The molecule has 2 rings (SSSR count). The average molecular weight is 335 g/mol. The van der Waals surface area contributed by atoms with Crippen molar-refractivity contribution < 1.29 is 4.79 Å². The van der Waals surface area contributed by atoms with Crippen molar-refractivity contribution in [2.45, 2.75) is 18.2 Å². The van der Waals surface area contributed by atoms with Crippen LogP contribution in [0.15, 0.2) is 57.9 Å². The minimum atomic E-state index is 0.263. The van der Waals surface area contributed by atoms with Gasteiger partial charge in [0.1, 0.15) is 5.78 Å². The lowest BCUT2D eigenvalue weighted by atomic mass is 10.1. The molecule has 0 amide bonds. The predicted molar refractivity (Wildman–Crippen MR) is 84.8 cm³/mol. The molecule has 0 bridgehead atoms. The summed E-state index contributed by atoms with van der Waals surface area (Å²) in [6.45, 7) is 2.05. The van der Waals surface area contributed by atoms with Crippen LogP contribution in [0.4, 0.5) is 0 Å². The van der Waals surface area contributed by atoms with E-state index in [1.165, 1.54) is 5.56 Å². The fourth-order valence-corrected chi connectivity index (χ4v) is 2.82. The second-order valence-electron chi connectivity index (χ2n) is 4.45. The Kier molecular flexibility index (Phi) is 5.23. The number of rotatable bonds is 5. The Bertz CT molecular complexity index is 563. The highest BCUT2D eigenvalue weighted by molar-refractivity contribution is 9.10. The highest BCUT2D eigenvalue weighted by Gasteiger charge is 2.05. The topological polar surface area (TPSA) is 17.1 Å². The highest BCUT2D eigenvalue weighted by Crippen LogP contribution is 2.21. The number of carbonyl (C=O) groups is 1. The van der Waals surface area contributed by atoms with Crippen LogP contribution in [0.3, 0.4) is 0 Å². The number of carbonyl (C=O) groups excluding carboxylic acids is 1. The first kappa shape index (κ1) is 14.4. The summed E-state index contributed by atoms with van der Waals surface area (Å²) in [6, 6.07) is 16.2. The zero-order chi connectivity index (χ0) is 13.7. The van der Waals surface area contributed by atoms with E-state index < -0.39 is 0 Å². The van der Waals surface area contributed by atoms with Gasteiger partial charge in [0.25, 0.3) is 0 Å². The van der Waals surface area contributed by atoms with Crippen LogP contribution in [-0.2, 0) is 11.2 Å². The van der Waals surface area contributed by atoms with Crippen molar-refractivity contribution in [1.82, 2.24) is 0 Å². The van der Waals surface area contributed by atoms with Crippen LogP contribution in [0.25, 0.3) is 0 Å². The van der Waals surface area contributed by atoms with Gasteiger partial charge in [0.15, 0.2) is 0 Å². The second kappa shape index (κ2) is 6.92. The van der Waals surface area contributed by atoms with E-state index in [0.29, 0.717) is 12.2 Å². The molecule has 0 saturated carbocycles. The van der Waals surface area contributed by atoms with Crippen molar-refractivity contribution in [1.29, 1.82) is 0 Å². The van der Waals surface area contributed by atoms with Gasteiger partial charge in [-0.3, -0.25) is 4.79 Å². The number of thioether (sulfide) groups is 1. The van der Waals surface area contributed by atoms with Crippen LogP contribution < -0.4 is 0 Å². The van der Waals surface area contributed by atoms with Crippen LogP contribution >= 0.6 is 27.7 Å². The molecule has 2 aromatic rings. The smallest absolute Gasteiger partial charge is 0.147 e. The molecule has 0 saturated heterocycles. The number of ketones is 1. The zero-order valence-corrected chi connectivity index (χ0v) is 13.1. The van der Waals surface area contributed by atoms with E-state index in [-0.39, 0.29) is 5.78 Å². The molecule has 0 spiro atoms. The average Bonchev–Trinajstić information content (AvgIpc) is 2.38. The molecule has 0 radical (unpaired) electrons. The van der Waals surface area contributed by atoms with Gasteiger partial charge in [0.05, 0.1) is 5.75 Å². The molecule has 0 atom stereocenters. The standard InChI is InChI=1S/C16H15BrOS/c1-12-3-2-4-13(9-12)10-15(18)11-19-16-7-5-14(17)6-8-16/h2-9H,10-11H2,1H3. The van der Waals surface area contributed by atoms with E-state index in [1.807, 2.05) is 49.4 Å². The summed E-state index contributed by atoms with van der Waals surface area (Å²) >= 11 is 4.99. The third kappa shape index (κ3) is 4.84. The summed E-state index contributed by atoms with van der Waals surface area (Å²) in [5, 5.41) is 0. The number of hydrogen-bond donors (Lipinski definition) is 0. The Balaban J connectivity index is 1.86. The van der Waals surface area contributed by atoms with Gasteiger partial charge < -0.3 is 0 Å². The number of hydrogen-bond acceptors (Lipinski definition) is 2. The zero-order valence-electron chi connectivity index (χ0n) is 10.7. The number of Topliss-reactive ketones (excluding diaryl/α,β-unsaturated/α-hetero) is 1. The van der Waals surface area contributed by atoms with Crippen molar-refractivity contribution >= 4 is 33.5 Å². The number of benzene rings is 2. The minimum absolute atomic E-state index is 0.263. The third-order valence-electron chi connectivity index (χ3n) is 2.70. The molecule has 0 aliphatic heterocycles. The van der Waals surface area contributed by atoms with E-state index in [2.05, 4.69) is 22.0 Å². The monoisotopic (exact) mass is 334 g/mol. The van der Waals surface area contributed by atoms with Crippen molar-refractivity contribution in [3.63, 3.8) is 0 Å². The van der Waals surface area contributed by atoms with E-state index in [0.717, 1.165) is 14.9 Å². The molecule has 0 aliphatic carbocycles. The highest BCUT2D eigenvalue weighted by atomic mass is 79.9. The van der Waals surface area contributed by atoms with Crippen LogP contribution in [0.1, 0.15) is 11.1 Å². The quantitative estimate of drug-likeness (QED) is 0.739. The van der Waals surface area contributed by atoms with Gasteiger partial charge in [-0.1, -0.05) is 45.8 Å². The molecule has 3 heteroatoms. The lowest BCUT2D eigenvalue weighted by molar-refractivity contribution is -0.116. The summed E-state index contributed by atoms with van der Waals surface area (Å²) in [7, 11) is 0. The Hall–Kier alpha value is -1.06. The minimum Gasteiger partial charge on any atom is -0.298 e. The molecule has 2 aromatic carbocycles. The molecule has 0 heterocycles. The lowest BCUT2D eigenvalue weighted by Gasteiger charge is -2.03. The largest absolute Gasteiger partial charge is 0.298 e. The van der Waals surface area contributed by atoms with Gasteiger partial charge in [-0.15, -0.1) is 11.8 Å². The molecular weight excluding hydrogens is 320 g/mol. The summed E-state index contributed by atoms with van der Waals surface area (Å²) < 4.78 is 1.06. The molecule has 0 aromatic heterocycles. The molecule has 98 valence electrons. The van der Waals surface area contributed by atoms with Gasteiger partial charge in [-0.2, -0.15) is 0 Å². The van der Waals surface area contributed by atoms with Crippen molar-refractivity contribution in [2.24, 2.45) is 0 Å². The van der Waals surface area contributed by atoms with E-state index >= 15 is 0 Å². The molecule has 0 unspecified atom stereocenters. The second-order valence-corrected chi connectivity index (χ2v) is 6.41. The Morgan fingerprint density at radius 2 is 1.89 bits per heavy atom. The van der Waals surface area contributed by atoms with Crippen LogP contribution in [0.2, 0.25) is 0 Å². The molecule has 0 N–H and O–H groups in total. The third-order valence-corrected chi connectivity index (χ3v) is 4.30. The first-order valence-electron chi connectivity index (χ1n) is 6.09. The summed E-state index contributed by atoms with van der Waals surface area (Å²) in [5.41, 5.74) is 2.30. The van der Waals surface area contributed by atoms with Crippen LogP contribution in [0, 0.1) is 6.92 Å². The van der Waals surface area contributed by atoms with Crippen LogP contribution in [0.5, 0.6) is 0 Å². The van der Waals surface area contributed by atoms with Gasteiger partial charge >= 0.3 is 0 Å². The maximum absolute atomic E-state index is 11.9. The Morgan fingerprint density at radius 1 is 1.16 bits per heavy atom. The summed E-state index contributed by atoms with van der Waals surface area (Å²) in [6.07, 6.45) is 0.519. The fourth-order valence-electron chi connectivity index (χ4n) is 1.80. The molecule has 19 heavy (non-hydrogen) atoms. The van der Waals surface area contributed by atoms with Gasteiger partial charge in [0.2, 0.25) is 0 Å². The van der Waals surface area contributed by atoms with Gasteiger partial charge in [0, 0.05) is 15.8 Å². The first-order valence-corrected chi connectivity index (χ1v) is 7.87. The predicted octanol–water partition coefficient (Wildman–Crippen LogP) is 4.66. The number of halogens is 1. The molecule has 0 aliphatic rings. The molecular formula is C16H15BrOS. The first-order chi connectivity index (χ1) is 9.13. The lowest BCUT2D eigenvalue weighted by Crippen LogP contribution is -2.05. The van der Waals surface area contributed by atoms with E-state index in [4.69, 9.17) is 0 Å². The van der Waals surface area contributed by atoms with E-state index in [9.17, 15) is 4.79 Å². The summed E-state index contributed by atoms with van der Waals surface area (Å²) in [4.78, 5) is 13.1. The normalized spacial score (nSPS) is 10.4. The molecule has 1 nitrogen and oxygen atoms in total. The maximum Gasteiger partial charge on any atom is 0.147 e. The summed E-state index contributed by atoms with van der Waals surface area (Å²) in [5.74, 6) is 0.786. The van der Waals surface area contributed by atoms with Crippen LogP contribution in [-0.4, -0.2) is 11.5 Å². The maximum atomic E-state index is 11.9. The van der Waals surface area contributed by atoms with Crippen molar-refractivity contribution in [3.8, 4) is 0 Å². The van der Waals surface area contributed by atoms with Crippen molar-refractivity contribution in [3.05, 3.63) is 64.1 Å². The Labute approximate surface area is 126 Å². The van der Waals surface area contributed by atoms with Gasteiger partial charge in [-0.25, -0.2) is 0 Å².